The van der Waals surface area contributed by atoms with Crippen LogP contribution in [-0.2, 0) is 0 Å². The van der Waals surface area contributed by atoms with E-state index in [1.807, 2.05) is 42.5 Å². The molecule has 0 atom stereocenters. The van der Waals surface area contributed by atoms with Gasteiger partial charge in [0.1, 0.15) is 0 Å². The minimum absolute atomic E-state index is 0.0966. The lowest BCUT2D eigenvalue weighted by Crippen LogP contribution is -1.94. The van der Waals surface area contributed by atoms with Crippen molar-refractivity contribution in [2.45, 2.75) is 0 Å². The maximum atomic E-state index is 11.2. The smallest absolute Gasteiger partial charge is 0.258 e. The molecule has 0 amide bonds. The highest BCUT2D eigenvalue weighted by molar-refractivity contribution is 6.32. The molecule has 1 heterocycles. The maximum Gasteiger partial charge on any atom is 0.314 e. The first-order valence-corrected chi connectivity index (χ1v) is 6.32. The van der Waals surface area contributed by atoms with E-state index in [1.54, 1.807) is 6.07 Å². The molecule has 0 aliphatic carbocycles. The molecule has 20 heavy (non-hydrogen) atoms. The van der Waals surface area contributed by atoms with Crippen LogP contribution in [0.25, 0.3) is 21.9 Å². The number of rotatable bonds is 2. The van der Waals surface area contributed by atoms with Crippen molar-refractivity contribution in [3.05, 3.63) is 70.0 Å². The Kier molecular flexibility index (Phi) is 3.08. The van der Waals surface area contributed by atoms with Gasteiger partial charge in [-0.1, -0.05) is 48.0 Å². The van der Waals surface area contributed by atoms with Gasteiger partial charge in [0, 0.05) is 6.20 Å². The number of pyridine rings is 1. The molecule has 2 aromatic carbocycles. The molecular weight excluding hydrogens is 276 g/mol. The molecule has 5 heteroatoms. The van der Waals surface area contributed by atoms with Gasteiger partial charge >= 0.3 is 5.69 Å². The van der Waals surface area contributed by atoms with Gasteiger partial charge in [-0.3, -0.25) is 10.1 Å². The second kappa shape index (κ2) is 4.90. The maximum absolute atomic E-state index is 11.2. The molecule has 98 valence electrons. The van der Waals surface area contributed by atoms with Crippen LogP contribution in [0.3, 0.4) is 0 Å². The van der Waals surface area contributed by atoms with Gasteiger partial charge in [-0.05, 0) is 28.5 Å². The molecule has 0 bridgehead atoms. The van der Waals surface area contributed by atoms with Crippen molar-refractivity contribution < 1.29 is 4.92 Å². The summed E-state index contributed by atoms with van der Waals surface area (Å²) in [5, 5.41) is 13.2. The zero-order valence-electron chi connectivity index (χ0n) is 10.3. The molecule has 0 saturated carbocycles. The van der Waals surface area contributed by atoms with Crippen LogP contribution in [0, 0.1) is 10.1 Å². The van der Waals surface area contributed by atoms with Gasteiger partial charge in [0.15, 0.2) is 0 Å². The summed E-state index contributed by atoms with van der Waals surface area (Å²) in [6, 6.07) is 15.1. The predicted octanol–water partition coefficient (Wildman–Crippen LogP) is 4.46. The minimum atomic E-state index is -0.500. The Morgan fingerprint density at radius 1 is 1.05 bits per heavy atom. The Hall–Kier alpha value is -2.46. The molecule has 0 fully saturated rings. The summed E-state index contributed by atoms with van der Waals surface area (Å²) in [4.78, 5) is 14.4. The average molecular weight is 285 g/mol. The van der Waals surface area contributed by atoms with Crippen LogP contribution < -0.4 is 0 Å². The van der Waals surface area contributed by atoms with E-state index in [9.17, 15) is 10.1 Å². The molecule has 0 N–H and O–H groups in total. The van der Waals surface area contributed by atoms with Crippen LogP contribution in [0.15, 0.2) is 54.7 Å². The summed E-state index contributed by atoms with van der Waals surface area (Å²) in [5.41, 5.74) is 1.06. The second-order valence-corrected chi connectivity index (χ2v) is 4.67. The van der Waals surface area contributed by atoms with Gasteiger partial charge in [0.2, 0.25) is 5.15 Å². The summed E-state index contributed by atoms with van der Waals surface area (Å²) >= 11 is 5.84. The van der Waals surface area contributed by atoms with Crippen molar-refractivity contribution >= 4 is 28.1 Å². The molecule has 0 aliphatic rings. The van der Waals surface area contributed by atoms with Crippen molar-refractivity contribution in [3.8, 4) is 11.1 Å². The number of nitrogens with zero attached hydrogens (tertiary/aromatic N) is 2. The third kappa shape index (κ3) is 2.10. The van der Waals surface area contributed by atoms with Gasteiger partial charge in [0.05, 0.1) is 10.5 Å². The van der Waals surface area contributed by atoms with Gasteiger partial charge in [-0.2, -0.15) is 0 Å². The Morgan fingerprint density at radius 2 is 1.80 bits per heavy atom. The first-order valence-electron chi connectivity index (χ1n) is 5.95. The zero-order chi connectivity index (χ0) is 14.1. The molecule has 3 rings (SSSR count). The molecule has 0 unspecified atom stereocenters. The highest BCUT2D eigenvalue weighted by atomic mass is 35.5. The lowest BCUT2D eigenvalue weighted by molar-refractivity contribution is -0.384. The lowest BCUT2D eigenvalue weighted by Gasteiger charge is -2.05. The van der Waals surface area contributed by atoms with Crippen LogP contribution >= 0.6 is 11.6 Å². The van der Waals surface area contributed by atoms with E-state index < -0.39 is 4.92 Å². The van der Waals surface area contributed by atoms with Crippen molar-refractivity contribution in [2.75, 3.05) is 0 Å². The molecule has 0 saturated heterocycles. The lowest BCUT2D eigenvalue weighted by atomic mass is 10.0. The number of nitro groups is 1. The Morgan fingerprint density at radius 3 is 2.55 bits per heavy atom. The van der Waals surface area contributed by atoms with E-state index in [-0.39, 0.29) is 10.8 Å². The summed E-state index contributed by atoms with van der Waals surface area (Å²) in [6.45, 7) is 0. The highest BCUT2D eigenvalue weighted by Crippen LogP contribution is 2.35. The minimum Gasteiger partial charge on any atom is -0.258 e. The number of aromatic nitrogens is 1. The van der Waals surface area contributed by atoms with Gasteiger partial charge in [0.25, 0.3) is 0 Å². The normalized spacial score (nSPS) is 10.7. The van der Waals surface area contributed by atoms with E-state index in [0.717, 1.165) is 16.3 Å². The number of hydrogen-bond donors (Lipinski definition) is 0. The van der Waals surface area contributed by atoms with Crippen LogP contribution in [0.4, 0.5) is 5.69 Å². The molecule has 0 spiro atoms. The zero-order valence-corrected chi connectivity index (χ0v) is 11.0. The van der Waals surface area contributed by atoms with E-state index in [4.69, 9.17) is 11.6 Å². The number of hydrogen-bond acceptors (Lipinski definition) is 3. The van der Waals surface area contributed by atoms with E-state index in [1.165, 1.54) is 6.20 Å². The van der Waals surface area contributed by atoms with Crippen molar-refractivity contribution in [1.29, 1.82) is 0 Å². The van der Waals surface area contributed by atoms with Gasteiger partial charge in [-0.15, -0.1) is 0 Å². The Balaban J connectivity index is 2.25. The molecule has 0 radical (unpaired) electrons. The van der Waals surface area contributed by atoms with E-state index in [0.29, 0.717) is 5.56 Å². The third-order valence-corrected chi connectivity index (χ3v) is 3.40. The summed E-state index contributed by atoms with van der Waals surface area (Å²) in [7, 11) is 0. The third-order valence-electron chi connectivity index (χ3n) is 3.12. The van der Waals surface area contributed by atoms with Crippen molar-refractivity contribution in [2.24, 2.45) is 0 Å². The second-order valence-electron chi connectivity index (χ2n) is 4.32. The van der Waals surface area contributed by atoms with Gasteiger partial charge < -0.3 is 0 Å². The fourth-order valence-electron chi connectivity index (χ4n) is 2.19. The van der Waals surface area contributed by atoms with Crippen molar-refractivity contribution in [3.63, 3.8) is 0 Å². The van der Waals surface area contributed by atoms with Crippen LogP contribution in [-0.4, -0.2) is 9.91 Å². The fourth-order valence-corrected chi connectivity index (χ4v) is 2.42. The Labute approximate surface area is 119 Å². The Bertz CT molecular complexity index is 818. The molecule has 0 aliphatic heterocycles. The molecule has 1 aromatic heterocycles. The van der Waals surface area contributed by atoms with Crippen molar-refractivity contribution in [1.82, 2.24) is 4.98 Å². The molecular formula is C15H9ClN2O2. The molecule has 3 aromatic rings. The van der Waals surface area contributed by atoms with Gasteiger partial charge in [-0.25, -0.2) is 4.98 Å². The average Bonchev–Trinajstić information content (AvgIpc) is 2.46. The standard InChI is InChI=1S/C15H9ClN2O2/c16-15-14(18(19)20)13(7-8-17-15)12-6-5-10-3-1-2-4-11(10)9-12/h1-9H. The predicted molar refractivity (Wildman–Crippen MR) is 78.8 cm³/mol. The van der Waals surface area contributed by atoms with Crippen LogP contribution in [0.1, 0.15) is 0 Å². The first-order chi connectivity index (χ1) is 9.66. The SMILES string of the molecule is O=[N+]([O-])c1c(-c2ccc3ccccc3c2)ccnc1Cl. The fraction of sp³-hybridized carbons (Fsp3) is 0. The molecule has 4 nitrogen and oxygen atoms in total. The monoisotopic (exact) mass is 284 g/mol. The van der Waals surface area contributed by atoms with E-state index in [2.05, 4.69) is 4.98 Å². The summed E-state index contributed by atoms with van der Waals surface area (Å²) in [6.07, 6.45) is 1.47. The van der Waals surface area contributed by atoms with Crippen LogP contribution in [0.2, 0.25) is 5.15 Å². The highest BCUT2D eigenvalue weighted by Gasteiger charge is 2.20. The topological polar surface area (TPSA) is 56.0 Å². The summed E-state index contributed by atoms with van der Waals surface area (Å²) in [5.74, 6) is 0. The van der Waals surface area contributed by atoms with E-state index >= 15 is 0 Å². The number of benzene rings is 2. The number of halogens is 1. The first kappa shape index (κ1) is 12.6. The largest absolute Gasteiger partial charge is 0.314 e. The quantitative estimate of drug-likeness (QED) is 0.396. The van der Waals surface area contributed by atoms with Crippen LogP contribution in [0.5, 0.6) is 0 Å². The number of fused-ring (bicyclic) bond motifs is 1. The summed E-state index contributed by atoms with van der Waals surface area (Å²) < 4.78 is 0.